The first-order valence-corrected chi connectivity index (χ1v) is 25.8. The molecule has 7 atom stereocenters. The minimum absolute atomic E-state index is 0.00531. The molecule has 0 radical (unpaired) electrons. The topological polar surface area (TPSA) is 241 Å². The molecule has 0 spiro atoms. The van der Waals surface area contributed by atoms with Gasteiger partial charge in [0.05, 0.1) is 12.5 Å². The van der Waals surface area contributed by atoms with Crippen LogP contribution in [0, 0.1) is 23.7 Å². The van der Waals surface area contributed by atoms with Crippen molar-refractivity contribution in [2.45, 2.75) is 118 Å². The van der Waals surface area contributed by atoms with Crippen molar-refractivity contribution in [2.24, 2.45) is 23.7 Å². The van der Waals surface area contributed by atoms with Crippen molar-refractivity contribution in [2.75, 3.05) is 59.0 Å². The minimum Gasteiger partial charge on any atom is -0.463 e. The van der Waals surface area contributed by atoms with Crippen LogP contribution in [0.25, 0.3) is 0 Å². The molecule has 0 saturated carbocycles. The number of ether oxygens (including phenoxy) is 4. The van der Waals surface area contributed by atoms with Crippen LogP contribution in [0.1, 0.15) is 92.4 Å². The Kier molecular flexibility index (Phi) is 42.5. The van der Waals surface area contributed by atoms with Crippen molar-refractivity contribution in [3.05, 3.63) is 101 Å². The highest BCUT2D eigenvalue weighted by Crippen LogP contribution is 2.23. The summed E-state index contributed by atoms with van der Waals surface area (Å²) in [6.45, 7) is 41.9. The van der Waals surface area contributed by atoms with Gasteiger partial charge in [-0.15, -0.1) is 46.1 Å². The fourth-order valence-electron chi connectivity index (χ4n) is 6.88. The van der Waals surface area contributed by atoms with Gasteiger partial charge in [-0.1, -0.05) is 83.7 Å². The first kappa shape index (κ1) is 75.9. The molecular formula is C56H89N5O14S. The quantitative estimate of drug-likeness (QED) is 0.0350. The number of nitrogens with one attached hydrogen (secondary N) is 2. The lowest BCUT2D eigenvalue weighted by Gasteiger charge is -2.36. The van der Waals surface area contributed by atoms with Gasteiger partial charge in [-0.05, 0) is 59.3 Å². The Morgan fingerprint density at radius 1 is 0.684 bits per heavy atom. The lowest BCUT2D eigenvalue weighted by atomic mass is 10.00. The highest BCUT2D eigenvalue weighted by atomic mass is 32.2. The van der Waals surface area contributed by atoms with E-state index >= 15 is 0 Å². The normalized spacial score (nSPS) is 13.0. The molecule has 0 heterocycles. The van der Waals surface area contributed by atoms with E-state index in [0.717, 1.165) is 0 Å². The van der Waals surface area contributed by atoms with Crippen LogP contribution in [-0.4, -0.2) is 163 Å². The maximum atomic E-state index is 14.5. The van der Waals surface area contributed by atoms with Crippen LogP contribution in [0.2, 0.25) is 0 Å². The molecule has 428 valence electrons. The molecule has 0 aliphatic carbocycles. The van der Waals surface area contributed by atoms with Gasteiger partial charge >= 0.3 is 30.2 Å². The average Bonchev–Trinajstić information content (AvgIpc) is 3.38. The summed E-state index contributed by atoms with van der Waals surface area (Å²) in [5.74, 6) is -5.69. The molecule has 1 aromatic carbocycles. The zero-order chi connectivity index (χ0) is 59.9. The first-order chi connectivity index (χ1) is 35.7. The second kappa shape index (κ2) is 42.6. The largest absolute Gasteiger partial charge is 0.463 e. The van der Waals surface area contributed by atoms with Gasteiger partial charge in [-0.2, -0.15) is 21.4 Å². The van der Waals surface area contributed by atoms with E-state index < -0.39 is 89.4 Å². The summed E-state index contributed by atoms with van der Waals surface area (Å²) in [7, 11) is 4.38. The summed E-state index contributed by atoms with van der Waals surface area (Å²) in [5, 5.41) is 5.66. The summed E-state index contributed by atoms with van der Waals surface area (Å²) in [6.07, 6.45) is 3.29. The fraction of sp³-hybridized carbons (Fsp3) is 0.554. The van der Waals surface area contributed by atoms with Crippen LogP contribution in [0.4, 0.5) is 4.79 Å². The van der Waals surface area contributed by atoms with Crippen LogP contribution in [0.3, 0.4) is 0 Å². The van der Waals surface area contributed by atoms with Crippen molar-refractivity contribution < 1.29 is 66.9 Å². The number of thioether (sulfide) groups is 1. The van der Waals surface area contributed by atoms with E-state index in [1.54, 1.807) is 85.9 Å². The second-order valence-corrected chi connectivity index (χ2v) is 19.4. The lowest BCUT2D eigenvalue weighted by molar-refractivity contribution is -0.192. The van der Waals surface area contributed by atoms with Gasteiger partial charge in [0, 0.05) is 50.2 Å². The van der Waals surface area contributed by atoms with Gasteiger partial charge in [0.25, 0.3) is 0 Å². The molecule has 19 nitrogen and oxygen atoms in total. The predicted octanol–water partition coefficient (Wildman–Crippen LogP) is 7.14. The molecule has 2 N–H and O–H groups in total. The van der Waals surface area contributed by atoms with Gasteiger partial charge in [-0.25, -0.2) is 14.4 Å². The summed E-state index contributed by atoms with van der Waals surface area (Å²) >= 11 is 1.23. The van der Waals surface area contributed by atoms with Gasteiger partial charge in [0.1, 0.15) is 49.6 Å². The maximum absolute atomic E-state index is 14.5. The van der Waals surface area contributed by atoms with Crippen LogP contribution < -0.4 is 10.6 Å². The molecule has 1 rings (SSSR count). The van der Waals surface area contributed by atoms with Crippen molar-refractivity contribution >= 4 is 65.4 Å². The number of ketones is 1. The number of benzene rings is 1. The number of hydrogen-bond acceptors (Lipinski definition) is 16. The number of amides is 4. The number of alkyl carbamates (subject to hydrolysis) is 1. The highest BCUT2D eigenvalue weighted by Gasteiger charge is 2.40. The number of nitrogens with zero attached hydrogens (tertiary/aromatic N) is 3. The number of carbonyl (C=O) groups excluding carboxylic acids is 10. The van der Waals surface area contributed by atoms with E-state index in [2.05, 4.69) is 63.3 Å². The van der Waals surface area contributed by atoms with E-state index in [1.807, 2.05) is 13.0 Å². The summed E-state index contributed by atoms with van der Waals surface area (Å²) in [6, 6.07) is 4.04. The average molecular weight is 1090 g/mol. The molecule has 0 saturated heterocycles. The molecule has 0 aliphatic rings. The maximum Gasteiger partial charge on any atom is 0.408 e. The van der Waals surface area contributed by atoms with E-state index in [4.69, 9.17) is 28.5 Å². The molecule has 0 fully saturated rings. The SMILES string of the molecule is C=C.C=C.C=C.C=CCOC(=O)[C@H](C)COC(=O)[C@H](C(C)C)N(C)C(=O)[C@H](CSC[C@H](CC)C(=O)N(C)[C@H](C(=O)OC[C@H](CC=C)NCC(=O)c1ccccc1)C(C)C)N(C)C(=O)[C@H](C)NC(=O)OC(C)(C)C.O=C=O. The monoisotopic (exact) mass is 1090 g/mol. The molecule has 76 heavy (non-hydrogen) atoms. The number of rotatable bonds is 29. The van der Waals surface area contributed by atoms with Gasteiger partial charge in [0.15, 0.2) is 5.78 Å². The Balaban J connectivity index is -0.00000270. The predicted molar refractivity (Wildman–Crippen MR) is 298 cm³/mol. The molecule has 0 unspecified atom stereocenters. The molecule has 0 aromatic heterocycles. The van der Waals surface area contributed by atoms with Gasteiger partial charge in [-0.3, -0.25) is 24.0 Å². The zero-order valence-electron chi connectivity index (χ0n) is 47.5. The minimum atomic E-state index is -1.20. The van der Waals surface area contributed by atoms with E-state index in [0.29, 0.717) is 18.4 Å². The van der Waals surface area contributed by atoms with Gasteiger partial charge < -0.3 is 44.3 Å². The van der Waals surface area contributed by atoms with Crippen molar-refractivity contribution in [3.8, 4) is 0 Å². The standard InChI is InChI=1S/C49H77N5O12S.3C2H4.CO2/c1-16-22-37(50-26-39(55)36-23-20-19-21-24-36)28-65-47(61)40(31(4)5)53(14)43(57)35(18-3)29-67-30-38(52(13)42(56)34(9)51-48(62)66-49(10,11)12)44(58)54(15)41(32(6)7)46(60)64-27-33(8)45(59)63-25-17-2;3*1-2;2-1-3/h16-17,19-21,23-24,31-35,37-38,40-41,50H,1-2,18,22,25-30H2,3-15H3,(H,51,62);3*1-2H2;/t33-,34+,35+,37+,38+,40+,41+;;;;/m1..../s1. The molecular weight excluding hydrogens is 999 g/mol. The van der Waals surface area contributed by atoms with Crippen molar-refractivity contribution in [3.63, 3.8) is 0 Å². The Hall–Kier alpha value is -6.63. The zero-order valence-corrected chi connectivity index (χ0v) is 48.3. The number of hydrogen-bond donors (Lipinski definition) is 2. The number of Topliss-reactive ketones (excluding diaryl/α,β-unsaturated/α-hetero) is 1. The third-order valence-electron chi connectivity index (χ3n) is 10.7. The van der Waals surface area contributed by atoms with E-state index in [-0.39, 0.29) is 61.6 Å². The molecule has 0 aliphatic heterocycles. The molecule has 0 bridgehead atoms. The smallest absolute Gasteiger partial charge is 0.408 e. The number of likely N-dealkylation sites (N-methyl/N-ethyl adjacent to an activating group) is 3. The van der Waals surface area contributed by atoms with Crippen molar-refractivity contribution in [1.82, 2.24) is 25.3 Å². The Labute approximate surface area is 457 Å². The number of esters is 3. The number of carbonyl (C=O) groups is 8. The molecule has 4 amide bonds. The van der Waals surface area contributed by atoms with Crippen LogP contribution >= 0.6 is 11.8 Å². The van der Waals surface area contributed by atoms with E-state index in [1.165, 1.54) is 60.5 Å². The van der Waals surface area contributed by atoms with Crippen LogP contribution in [0.15, 0.2) is 95.1 Å². The summed E-state index contributed by atoms with van der Waals surface area (Å²) < 4.78 is 21.6. The van der Waals surface area contributed by atoms with Gasteiger partial charge in [0.2, 0.25) is 17.7 Å². The Morgan fingerprint density at radius 2 is 1.17 bits per heavy atom. The highest BCUT2D eigenvalue weighted by molar-refractivity contribution is 7.99. The summed E-state index contributed by atoms with van der Waals surface area (Å²) in [4.78, 5) is 127. The molecule has 1 aromatic rings. The fourth-order valence-corrected chi connectivity index (χ4v) is 8.27. The Morgan fingerprint density at radius 3 is 1.62 bits per heavy atom. The van der Waals surface area contributed by atoms with Crippen molar-refractivity contribution in [1.29, 1.82) is 0 Å². The lowest BCUT2D eigenvalue weighted by Crippen LogP contribution is -2.58. The third kappa shape index (κ3) is 29.5. The van der Waals surface area contributed by atoms with Crippen LogP contribution in [0.5, 0.6) is 0 Å². The molecule has 20 heteroatoms. The Bertz CT molecular complexity index is 1970. The second-order valence-electron chi connectivity index (χ2n) is 18.3. The summed E-state index contributed by atoms with van der Waals surface area (Å²) in [5.41, 5.74) is -0.287. The van der Waals surface area contributed by atoms with E-state index in [9.17, 15) is 38.4 Å². The third-order valence-corrected chi connectivity index (χ3v) is 11.9. The first-order valence-electron chi connectivity index (χ1n) is 24.6. The van der Waals surface area contributed by atoms with Crippen LogP contribution in [-0.2, 0) is 57.3 Å².